The van der Waals surface area contributed by atoms with Gasteiger partial charge in [-0.3, -0.25) is 0 Å². The molecule has 0 aliphatic carbocycles. The van der Waals surface area contributed by atoms with Gasteiger partial charge in [0.25, 0.3) is 0 Å². The molecule has 0 fully saturated rings. The summed E-state index contributed by atoms with van der Waals surface area (Å²) in [6.07, 6.45) is 1.96. The van der Waals surface area contributed by atoms with Gasteiger partial charge in [0.15, 0.2) is 5.13 Å². The Labute approximate surface area is 111 Å². The summed E-state index contributed by atoms with van der Waals surface area (Å²) < 4.78 is 0. The Morgan fingerprint density at radius 3 is 3.11 bits per heavy atom. The number of nitrogens with two attached hydrogens (primary N) is 1. The second kappa shape index (κ2) is 4.71. The van der Waals surface area contributed by atoms with E-state index in [1.54, 1.807) is 11.3 Å². The van der Waals surface area contributed by atoms with Crippen LogP contribution in [0.3, 0.4) is 0 Å². The van der Waals surface area contributed by atoms with Crippen molar-refractivity contribution < 1.29 is 0 Å². The molecule has 1 aliphatic heterocycles. The van der Waals surface area contributed by atoms with Gasteiger partial charge in [0.05, 0.1) is 5.69 Å². The molecular weight excluding hydrogens is 242 g/mol. The van der Waals surface area contributed by atoms with E-state index >= 15 is 0 Å². The van der Waals surface area contributed by atoms with E-state index in [0.717, 1.165) is 30.2 Å². The first-order valence-electron chi connectivity index (χ1n) is 6.29. The van der Waals surface area contributed by atoms with E-state index in [1.165, 1.54) is 11.3 Å². The largest absolute Gasteiger partial charge is 0.328 e. The van der Waals surface area contributed by atoms with Crippen molar-refractivity contribution >= 4 is 22.2 Å². The number of anilines is 2. The highest BCUT2D eigenvalue weighted by atomic mass is 32.1. The highest BCUT2D eigenvalue weighted by Crippen LogP contribution is 2.35. The van der Waals surface area contributed by atoms with E-state index < -0.39 is 0 Å². The molecule has 4 heteroatoms. The van der Waals surface area contributed by atoms with Crippen molar-refractivity contribution in [2.45, 2.75) is 25.8 Å². The first-order valence-corrected chi connectivity index (χ1v) is 7.17. The molecule has 1 aliphatic rings. The van der Waals surface area contributed by atoms with Gasteiger partial charge >= 0.3 is 0 Å². The van der Waals surface area contributed by atoms with Crippen molar-refractivity contribution in [3.8, 4) is 0 Å². The van der Waals surface area contributed by atoms with Crippen LogP contribution < -0.4 is 10.6 Å². The van der Waals surface area contributed by atoms with Crippen LogP contribution >= 0.6 is 11.3 Å². The summed E-state index contributed by atoms with van der Waals surface area (Å²) in [5.41, 5.74) is 9.64. The minimum Gasteiger partial charge on any atom is -0.328 e. The molecule has 1 aromatic carbocycles. The van der Waals surface area contributed by atoms with Crippen LogP contribution in [0.25, 0.3) is 0 Å². The first kappa shape index (κ1) is 11.7. The summed E-state index contributed by atoms with van der Waals surface area (Å²) in [6, 6.07) is 8.74. The fourth-order valence-corrected chi connectivity index (χ4v) is 3.26. The molecule has 1 atom stereocenters. The van der Waals surface area contributed by atoms with Gasteiger partial charge in [-0.25, -0.2) is 4.98 Å². The Morgan fingerprint density at radius 2 is 2.28 bits per heavy atom. The van der Waals surface area contributed by atoms with E-state index in [0.29, 0.717) is 0 Å². The summed E-state index contributed by atoms with van der Waals surface area (Å²) in [5, 5.41) is 3.22. The van der Waals surface area contributed by atoms with E-state index in [-0.39, 0.29) is 6.04 Å². The molecule has 18 heavy (non-hydrogen) atoms. The zero-order chi connectivity index (χ0) is 12.5. The second-order valence-electron chi connectivity index (χ2n) is 4.83. The van der Waals surface area contributed by atoms with Crippen LogP contribution in [0, 0.1) is 0 Å². The maximum atomic E-state index is 5.81. The number of aromatic nitrogens is 1. The van der Waals surface area contributed by atoms with Crippen molar-refractivity contribution in [2.24, 2.45) is 5.73 Å². The molecule has 0 amide bonds. The summed E-state index contributed by atoms with van der Waals surface area (Å²) in [5.74, 6) is 0. The van der Waals surface area contributed by atoms with Crippen molar-refractivity contribution in [3.05, 3.63) is 40.9 Å². The number of hydrogen-bond donors (Lipinski definition) is 1. The normalized spacial score (nSPS) is 15.8. The maximum Gasteiger partial charge on any atom is 0.190 e. The first-order chi connectivity index (χ1) is 8.74. The fourth-order valence-electron chi connectivity index (χ4n) is 2.38. The van der Waals surface area contributed by atoms with Crippen molar-refractivity contribution in [2.75, 3.05) is 11.4 Å². The molecule has 1 unspecified atom stereocenters. The number of benzene rings is 1. The zero-order valence-electron chi connectivity index (χ0n) is 10.5. The third-order valence-electron chi connectivity index (χ3n) is 3.19. The fraction of sp³-hybridized carbons (Fsp3) is 0.357. The van der Waals surface area contributed by atoms with Crippen molar-refractivity contribution in [1.82, 2.24) is 4.98 Å². The summed E-state index contributed by atoms with van der Waals surface area (Å²) >= 11 is 1.71. The zero-order valence-corrected chi connectivity index (χ0v) is 11.3. The lowest BCUT2D eigenvalue weighted by atomic mass is 10.2. The molecule has 94 valence electrons. The number of nitrogens with zero attached hydrogens (tertiary/aromatic N) is 2. The predicted molar refractivity (Wildman–Crippen MR) is 76.6 cm³/mol. The predicted octanol–water partition coefficient (Wildman–Crippen LogP) is 2.73. The SMILES string of the molecule is CC(N)Cc1csc(N2CCc3ccccc32)n1. The van der Waals surface area contributed by atoms with Gasteiger partial charge in [0.1, 0.15) is 0 Å². The van der Waals surface area contributed by atoms with Crippen LogP contribution in [0.15, 0.2) is 29.6 Å². The van der Waals surface area contributed by atoms with Crippen LogP contribution in [-0.2, 0) is 12.8 Å². The molecule has 3 rings (SSSR count). The second-order valence-corrected chi connectivity index (χ2v) is 5.67. The molecular formula is C14H17N3S. The van der Waals surface area contributed by atoms with Gasteiger partial charge in [-0.05, 0) is 25.0 Å². The van der Waals surface area contributed by atoms with E-state index in [4.69, 9.17) is 10.7 Å². The van der Waals surface area contributed by atoms with Crippen LogP contribution in [0.5, 0.6) is 0 Å². The van der Waals surface area contributed by atoms with E-state index in [2.05, 4.69) is 34.5 Å². The maximum absolute atomic E-state index is 5.81. The Kier molecular flexibility index (Phi) is 3.06. The van der Waals surface area contributed by atoms with Gasteiger partial charge in [-0.1, -0.05) is 18.2 Å². The highest BCUT2D eigenvalue weighted by Gasteiger charge is 2.22. The lowest BCUT2D eigenvalue weighted by molar-refractivity contribution is 0.725. The van der Waals surface area contributed by atoms with Gasteiger partial charge in [0.2, 0.25) is 0 Å². The number of hydrogen-bond acceptors (Lipinski definition) is 4. The summed E-state index contributed by atoms with van der Waals surface area (Å²) in [7, 11) is 0. The number of rotatable bonds is 3. The van der Waals surface area contributed by atoms with Crippen molar-refractivity contribution in [1.29, 1.82) is 0 Å². The van der Waals surface area contributed by atoms with Gasteiger partial charge in [-0.2, -0.15) is 0 Å². The highest BCUT2D eigenvalue weighted by molar-refractivity contribution is 7.13. The van der Waals surface area contributed by atoms with E-state index in [9.17, 15) is 0 Å². The van der Waals surface area contributed by atoms with Gasteiger partial charge in [0, 0.05) is 30.1 Å². The molecule has 2 aromatic rings. The topological polar surface area (TPSA) is 42.1 Å². The molecule has 0 radical (unpaired) electrons. The molecule has 2 heterocycles. The minimum atomic E-state index is 0.172. The van der Waals surface area contributed by atoms with Gasteiger partial charge in [-0.15, -0.1) is 11.3 Å². The van der Waals surface area contributed by atoms with Crippen LogP contribution in [0.2, 0.25) is 0 Å². The van der Waals surface area contributed by atoms with Crippen LogP contribution in [0.1, 0.15) is 18.2 Å². The van der Waals surface area contributed by atoms with Crippen molar-refractivity contribution in [3.63, 3.8) is 0 Å². The van der Waals surface area contributed by atoms with Crippen LogP contribution in [0.4, 0.5) is 10.8 Å². The smallest absolute Gasteiger partial charge is 0.190 e. The number of fused-ring (bicyclic) bond motifs is 1. The molecule has 0 spiro atoms. The Balaban J connectivity index is 1.86. The molecule has 3 nitrogen and oxygen atoms in total. The lowest BCUT2D eigenvalue weighted by Gasteiger charge is -2.15. The number of para-hydroxylation sites is 1. The average molecular weight is 259 g/mol. The molecule has 2 N–H and O–H groups in total. The summed E-state index contributed by atoms with van der Waals surface area (Å²) in [4.78, 5) is 7.01. The molecule has 0 bridgehead atoms. The molecule has 0 saturated carbocycles. The van der Waals surface area contributed by atoms with Crippen LogP contribution in [-0.4, -0.2) is 17.6 Å². The quantitative estimate of drug-likeness (QED) is 0.921. The third-order valence-corrected chi connectivity index (χ3v) is 4.10. The standard InChI is InChI=1S/C14H17N3S/c1-10(15)8-12-9-18-14(16-12)17-7-6-11-4-2-3-5-13(11)17/h2-5,9-10H,6-8,15H2,1H3. The van der Waals surface area contributed by atoms with Gasteiger partial charge < -0.3 is 10.6 Å². The third kappa shape index (κ3) is 2.13. The Morgan fingerprint density at radius 1 is 1.44 bits per heavy atom. The number of thiazole rings is 1. The molecule has 0 saturated heterocycles. The Bertz CT molecular complexity index is 547. The Hall–Kier alpha value is -1.39. The van der Waals surface area contributed by atoms with E-state index in [1.807, 2.05) is 6.92 Å². The minimum absolute atomic E-state index is 0.172. The average Bonchev–Trinajstić information content (AvgIpc) is 2.94. The molecule has 1 aromatic heterocycles. The summed E-state index contributed by atoms with van der Waals surface area (Å²) in [6.45, 7) is 3.05. The monoisotopic (exact) mass is 259 g/mol. The lowest BCUT2D eigenvalue weighted by Crippen LogP contribution is -2.18.